The quantitative estimate of drug-likeness (QED) is 0.785. The molecule has 1 atom stereocenters. The Hall–Kier alpha value is -1.53. The van der Waals surface area contributed by atoms with Gasteiger partial charge in [0.2, 0.25) is 0 Å². The van der Waals surface area contributed by atoms with Crippen LogP contribution in [0.2, 0.25) is 0 Å². The Labute approximate surface area is 120 Å². The Morgan fingerprint density at radius 3 is 2.65 bits per heavy atom. The number of hydrogen-bond donors (Lipinski definition) is 0. The van der Waals surface area contributed by atoms with Gasteiger partial charge in [-0.25, -0.2) is 9.18 Å². The van der Waals surface area contributed by atoms with Crippen molar-refractivity contribution in [3.8, 4) is 0 Å². The Balaban J connectivity index is 1.82. The third-order valence-corrected chi connectivity index (χ3v) is 3.60. The van der Waals surface area contributed by atoms with Crippen LogP contribution in [0.25, 0.3) is 0 Å². The molecule has 1 aromatic rings. The van der Waals surface area contributed by atoms with Gasteiger partial charge in [0.1, 0.15) is 5.82 Å². The van der Waals surface area contributed by atoms with Crippen LogP contribution in [0.15, 0.2) is 18.2 Å². The zero-order valence-corrected chi connectivity index (χ0v) is 11.5. The predicted molar refractivity (Wildman–Crippen MR) is 72.9 cm³/mol. The minimum Gasteiger partial charge on any atom is -0.427 e. The summed E-state index contributed by atoms with van der Waals surface area (Å²) in [6, 6.07) is 4.70. The van der Waals surface area contributed by atoms with Crippen LogP contribution < -0.4 is 9.80 Å². The molecule has 0 saturated carbocycles. The van der Waals surface area contributed by atoms with Crippen molar-refractivity contribution in [1.29, 1.82) is 0 Å². The van der Waals surface area contributed by atoms with E-state index >= 15 is 0 Å². The van der Waals surface area contributed by atoms with Gasteiger partial charge in [0.25, 0.3) is 0 Å². The molecule has 3 rings (SSSR count). The van der Waals surface area contributed by atoms with Gasteiger partial charge in [-0.05, 0) is 18.2 Å². The first-order valence-electron chi connectivity index (χ1n) is 6.39. The number of alkyl halides is 1. The number of anilines is 2. The second kappa shape index (κ2) is 5.46. The highest BCUT2D eigenvalue weighted by atomic mass is 35.5. The van der Waals surface area contributed by atoms with Crippen molar-refractivity contribution in [3.05, 3.63) is 24.0 Å². The molecule has 108 valence electrons. The number of halogens is 2. The molecule has 2 aliphatic rings. The lowest BCUT2D eigenvalue weighted by atomic mass is 10.2. The number of amides is 1. The normalized spacial score (nSPS) is 23.1. The van der Waals surface area contributed by atoms with Crippen LogP contribution in [0.1, 0.15) is 0 Å². The van der Waals surface area contributed by atoms with E-state index in [1.165, 1.54) is 11.0 Å². The van der Waals surface area contributed by atoms with E-state index in [1.807, 2.05) is 4.90 Å². The van der Waals surface area contributed by atoms with Gasteiger partial charge in [-0.1, -0.05) is 11.6 Å². The van der Waals surface area contributed by atoms with Crippen molar-refractivity contribution in [2.24, 2.45) is 0 Å². The van der Waals surface area contributed by atoms with Crippen LogP contribution in [-0.2, 0) is 9.47 Å². The van der Waals surface area contributed by atoms with Gasteiger partial charge in [-0.15, -0.1) is 0 Å². The predicted octanol–water partition coefficient (Wildman–Crippen LogP) is 2.18. The number of carbonyl (C=O) groups is 1. The van der Waals surface area contributed by atoms with E-state index in [1.54, 1.807) is 12.1 Å². The molecule has 20 heavy (non-hydrogen) atoms. The highest BCUT2D eigenvalue weighted by molar-refractivity contribution is 6.21. The summed E-state index contributed by atoms with van der Waals surface area (Å²) in [6.07, 6.45) is -0.552. The molecule has 0 spiro atoms. The van der Waals surface area contributed by atoms with Crippen LogP contribution in [0.4, 0.5) is 20.6 Å². The number of morpholine rings is 1. The van der Waals surface area contributed by atoms with E-state index < -0.39 is 11.7 Å². The van der Waals surface area contributed by atoms with Gasteiger partial charge in [0.15, 0.2) is 5.56 Å². The molecular formula is C13H14ClFN2O3. The standard InChI is InChI=1S/C13H14ClFN2O3/c14-12-8-17(13(18)20-12)9-1-2-11(10(15)7-9)16-3-5-19-6-4-16/h1-2,7,12H,3-6,8H2/t12-/m0/s1. The van der Waals surface area contributed by atoms with Gasteiger partial charge in [0.05, 0.1) is 31.1 Å². The number of ether oxygens (including phenoxy) is 2. The Morgan fingerprint density at radius 1 is 1.30 bits per heavy atom. The van der Waals surface area contributed by atoms with E-state index in [0.717, 1.165) is 0 Å². The lowest BCUT2D eigenvalue weighted by molar-refractivity contribution is 0.122. The largest absolute Gasteiger partial charge is 0.427 e. The summed E-state index contributed by atoms with van der Waals surface area (Å²) >= 11 is 5.74. The summed E-state index contributed by atoms with van der Waals surface area (Å²) < 4.78 is 24.3. The molecule has 2 fully saturated rings. The minimum absolute atomic E-state index is 0.219. The van der Waals surface area contributed by atoms with Crippen molar-refractivity contribution in [2.45, 2.75) is 5.56 Å². The summed E-state index contributed by atoms with van der Waals surface area (Å²) in [7, 11) is 0. The topological polar surface area (TPSA) is 42.0 Å². The Morgan fingerprint density at radius 2 is 2.05 bits per heavy atom. The Kier molecular flexibility index (Phi) is 3.67. The van der Waals surface area contributed by atoms with Crippen molar-refractivity contribution in [3.63, 3.8) is 0 Å². The van der Waals surface area contributed by atoms with Crippen LogP contribution in [0.5, 0.6) is 0 Å². The highest BCUT2D eigenvalue weighted by Gasteiger charge is 2.31. The van der Waals surface area contributed by atoms with Crippen LogP contribution in [0.3, 0.4) is 0 Å². The first kappa shape index (κ1) is 13.5. The van der Waals surface area contributed by atoms with Crippen LogP contribution in [-0.4, -0.2) is 44.5 Å². The second-order valence-corrected chi connectivity index (χ2v) is 5.13. The third kappa shape index (κ3) is 2.53. The molecule has 0 unspecified atom stereocenters. The lowest BCUT2D eigenvalue weighted by Gasteiger charge is -2.29. The first-order valence-corrected chi connectivity index (χ1v) is 6.83. The summed E-state index contributed by atoms with van der Waals surface area (Å²) in [5, 5.41) is 0. The zero-order valence-electron chi connectivity index (χ0n) is 10.7. The molecule has 2 heterocycles. The molecule has 1 aromatic carbocycles. The fourth-order valence-electron chi connectivity index (χ4n) is 2.36. The maximum Gasteiger partial charge on any atom is 0.416 e. The van der Waals surface area contributed by atoms with Crippen molar-refractivity contribution in [2.75, 3.05) is 42.6 Å². The molecule has 1 amide bonds. The summed E-state index contributed by atoms with van der Waals surface area (Å²) in [5.74, 6) is -0.366. The average molecular weight is 301 g/mol. The van der Waals surface area contributed by atoms with E-state index in [0.29, 0.717) is 37.7 Å². The highest BCUT2D eigenvalue weighted by Crippen LogP contribution is 2.28. The SMILES string of the molecule is O=C1O[C@H](Cl)CN1c1ccc(N2CCOCC2)c(F)c1. The smallest absolute Gasteiger partial charge is 0.416 e. The average Bonchev–Trinajstić information content (AvgIpc) is 2.78. The van der Waals surface area contributed by atoms with Crippen molar-refractivity contribution in [1.82, 2.24) is 0 Å². The van der Waals surface area contributed by atoms with Gasteiger partial charge in [0, 0.05) is 13.1 Å². The maximum atomic E-state index is 14.2. The van der Waals surface area contributed by atoms with E-state index in [-0.39, 0.29) is 12.4 Å². The molecular weight excluding hydrogens is 287 g/mol. The first-order chi connectivity index (χ1) is 9.65. The van der Waals surface area contributed by atoms with E-state index in [2.05, 4.69) is 0 Å². The van der Waals surface area contributed by atoms with Gasteiger partial charge in [-0.3, -0.25) is 4.90 Å². The molecule has 0 radical (unpaired) electrons. The fraction of sp³-hybridized carbons (Fsp3) is 0.462. The monoisotopic (exact) mass is 300 g/mol. The molecule has 0 aliphatic carbocycles. The third-order valence-electron chi connectivity index (χ3n) is 3.37. The summed E-state index contributed by atoms with van der Waals surface area (Å²) in [6.45, 7) is 2.72. The molecule has 0 bridgehead atoms. The minimum atomic E-state index is -0.690. The van der Waals surface area contributed by atoms with Crippen LogP contribution >= 0.6 is 11.6 Å². The lowest BCUT2D eigenvalue weighted by Crippen LogP contribution is -2.36. The number of carbonyl (C=O) groups excluding carboxylic acids is 1. The number of benzene rings is 1. The molecule has 2 saturated heterocycles. The van der Waals surface area contributed by atoms with Gasteiger partial charge >= 0.3 is 6.09 Å². The molecule has 7 heteroatoms. The second-order valence-electron chi connectivity index (χ2n) is 4.64. The van der Waals surface area contributed by atoms with Crippen molar-refractivity contribution >= 4 is 29.1 Å². The van der Waals surface area contributed by atoms with Crippen LogP contribution in [0, 0.1) is 5.82 Å². The number of rotatable bonds is 2. The maximum absolute atomic E-state index is 14.2. The van der Waals surface area contributed by atoms with Gasteiger partial charge < -0.3 is 14.4 Å². The van der Waals surface area contributed by atoms with Crippen molar-refractivity contribution < 1.29 is 18.7 Å². The number of nitrogens with zero attached hydrogens (tertiary/aromatic N) is 2. The molecule has 0 N–H and O–H groups in total. The summed E-state index contributed by atoms with van der Waals surface area (Å²) in [5.41, 5.74) is 0.282. The fourth-order valence-corrected chi connectivity index (χ4v) is 2.58. The molecule has 5 nitrogen and oxygen atoms in total. The number of cyclic esters (lactones) is 1. The zero-order chi connectivity index (χ0) is 14.1. The van der Waals surface area contributed by atoms with E-state index in [9.17, 15) is 9.18 Å². The van der Waals surface area contributed by atoms with Gasteiger partial charge in [-0.2, -0.15) is 0 Å². The summed E-state index contributed by atoms with van der Waals surface area (Å²) in [4.78, 5) is 14.8. The van der Waals surface area contributed by atoms with E-state index in [4.69, 9.17) is 21.1 Å². The number of hydrogen-bond acceptors (Lipinski definition) is 4. The molecule has 2 aliphatic heterocycles. The molecule has 0 aromatic heterocycles. The Bertz CT molecular complexity index is 522.